The minimum atomic E-state index is -3.64. The molecule has 0 atom stereocenters. The fourth-order valence-electron chi connectivity index (χ4n) is 3.61. The molecule has 0 radical (unpaired) electrons. The lowest BCUT2D eigenvalue weighted by atomic mass is 10.2. The Hall–Kier alpha value is -2.65. The topological polar surface area (TPSA) is 91.7 Å². The average molecular weight is 433 g/mol. The zero-order valence-corrected chi connectivity index (χ0v) is 18.4. The van der Waals surface area contributed by atoms with Crippen LogP contribution in [0, 0.1) is 0 Å². The number of carbonyl (C=O) groups is 2. The van der Waals surface area contributed by atoms with E-state index in [1.54, 1.807) is 45.2 Å². The maximum Gasteiger partial charge on any atom is 0.272 e. The van der Waals surface area contributed by atoms with Crippen LogP contribution in [0.15, 0.2) is 41.4 Å². The molecule has 0 bridgehead atoms. The molecule has 1 aromatic carbocycles. The van der Waals surface area contributed by atoms with Crippen LogP contribution in [-0.4, -0.2) is 60.2 Å². The lowest BCUT2D eigenvalue weighted by Crippen LogP contribution is -2.30. The number of hydrogen-bond donors (Lipinski definition) is 1. The molecule has 9 heteroatoms. The average Bonchev–Trinajstić information content (AvgIpc) is 3.39. The Morgan fingerprint density at radius 2 is 1.67 bits per heavy atom. The molecule has 2 heterocycles. The first kappa shape index (κ1) is 22.0. The van der Waals surface area contributed by atoms with E-state index in [0.717, 1.165) is 25.9 Å². The molecule has 3 rings (SSSR count). The summed E-state index contributed by atoms with van der Waals surface area (Å²) in [5.74, 6) is -0.420. The number of aromatic nitrogens is 1. The van der Waals surface area contributed by atoms with Crippen LogP contribution in [0.2, 0.25) is 0 Å². The highest BCUT2D eigenvalue weighted by Gasteiger charge is 2.25. The first-order chi connectivity index (χ1) is 14.3. The van der Waals surface area contributed by atoms with Crippen LogP contribution in [0.3, 0.4) is 0 Å². The highest BCUT2D eigenvalue weighted by atomic mass is 32.2. The number of anilines is 1. The number of amides is 2. The zero-order chi connectivity index (χ0) is 21.9. The second kappa shape index (κ2) is 9.01. The maximum atomic E-state index is 12.7. The van der Waals surface area contributed by atoms with Gasteiger partial charge in [0.1, 0.15) is 10.6 Å². The third kappa shape index (κ3) is 4.41. The van der Waals surface area contributed by atoms with Crippen molar-refractivity contribution in [3.8, 4) is 0 Å². The molecule has 1 aliphatic rings. The summed E-state index contributed by atoms with van der Waals surface area (Å²) in [5.41, 5.74) is 1.35. The number of rotatable bonds is 7. The van der Waals surface area contributed by atoms with E-state index in [2.05, 4.69) is 5.32 Å². The number of nitrogens with one attached hydrogen (secondary N) is 1. The number of benzene rings is 1. The van der Waals surface area contributed by atoms with Crippen LogP contribution in [0.25, 0.3) is 0 Å². The standard InChI is InChI=1S/C21H28N4O4S/c1-4-25(5-2)30(28,29)18-14-19(23(3)15-18)20(26)22-17-10-8-16(9-11-17)21(27)24-12-6-7-13-24/h8-11,14-15H,4-7,12-13H2,1-3H3,(H,22,26). The van der Waals surface area contributed by atoms with Gasteiger partial charge in [0.15, 0.2) is 0 Å². The van der Waals surface area contributed by atoms with Crippen LogP contribution < -0.4 is 5.32 Å². The van der Waals surface area contributed by atoms with Crippen molar-refractivity contribution in [2.45, 2.75) is 31.6 Å². The molecule has 0 unspecified atom stereocenters. The van der Waals surface area contributed by atoms with E-state index in [1.807, 2.05) is 4.90 Å². The van der Waals surface area contributed by atoms with Gasteiger partial charge in [-0.3, -0.25) is 9.59 Å². The van der Waals surface area contributed by atoms with Crippen LogP contribution in [0.1, 0.15) is 47.5 Å². The highest BCUT2D eigenvalue weighted by molar-refractivity contribution is 7.89. The predicted octanol–water partition coefficient (Wildman–Crippen LogP) is 2.54. The predicted molar refractivity (Wildman–Crippen MR) is 115 cm³/mol. The molecule has 2 aromatic rings. The van der Waals surface area contributed by atoms with Gasteiger partial charge in [-0.25, -0.2) is 8.42 Å². The van der Waals surface area contributed by atoms with E-state index in [0.29, 0.717) is 24.3 Å². The fourth-order valence-corrected chi connectivity index (χ4v) is 5.14. The first-order valence-electron chi connectivity index (χ1n) is 10.1. The fraction of sp³-hybridized carbons (Fsp3) is 0.429. The number of likely N-dealkylation sites (tertiary alicyclic amines) is 1. The minimum absolute atomic E-state index is 0.000868. The van der Waals surface area contributed by atoms with Crippen molar-refractivity contribution in [1.29, 1.82) is 0 Å². The monoisotopic (exact) mass is 432 g/mol. The molecule has 8 nitrogen and oxygen atoms in total. The summed E-state index contributed by atoms with van der Waals surface area (Å²) in [6, 6.07) is 8.12. The lowest BCUT2D eigenvalue weighted by Gasteiger charge is -2.17. The molecule has 1 fully saturated rings. The summed E-state index contributed by atoms with van der Waals surface area (Å²) in [5, 5.41) is 2.76. The lowest BCUT2D eigenvalue weighted by molar-refractivity contribution is 0.0792. The van der Waals surface area contributed by atoms with Gasteiger partial charge in [0.05, 0.1) is 0 Å². The Kier molecular flexibility index (Phi) is 6.62. The van der Waals surface area contributed by atoms with Crippen molar-refractivity contribution in [2.75, 3.05) is 31.5 Å². The van der Waals surface area contributed by atoms with Crippen molar-refractivity contribution < 1.29 is 18.0 Å². The molecule has 2 amide bonds. The zero-order valence-electron chi connectivity index (χ0n) is 17.6. The van der Waals surface area contributed by atoms with Crippen molar-refractivity contribution in [2.24, 2.45) is 7.05 Å². The van der Waals surface area contributed by atoms with E-state index in [-0.39, 0.29) is 16.5 Å². The van der Waals surface area contributed by atoms with Crippen LogP contribution in [-0.2, 0) is 17.1 Å². The van der Waals surface area contributed by atoms with E-state index >= 15 is 0 Å². The van der Waals surface area contributed by atoms with Gasteiger partial charge in [0.25, 0.3) is 11.8 Å². The van der Waals surface area contributed by atoms with Gasteiger partial charge in [-0.1, -0.05) is 13.8 Å². The third-order valence-electron chi connectivity index (χ3n) is 5.34. The van der Waals surface area contributed by atoms with Crippen LogP contribution >= 0.6 is 0 Å². The molecule has 30 heavy (non-hydrogen) atoms. The molecule has 0 saturated carbocycles. The van der Waals surface area contributed by atoms with Gasteiger partial charge in [0, 0.05) is 50.7 Å². The van der Waals surface area contributed by atoms with E-state index in [9.17, 15) is 18.0 Å². The quantitative estimate of drug-likeness (QED) is 0.728. The largest absolute Gasteiger partial charge is 0.345 e. The summed E-state index contributed by atoms with van der Waals surface area (Å²) in [6.45, 7) is 5.83. The first-order valence-corrected chi connectivity index (χ1v) is 11.6. The molecule has 1 aliphatic heterocycles. The Morgan fingerprint density at radius 1 is 1.07 bits per heavy atom. The molecule has 1 aromatic heterocycles. The van der Waals surface area contributed by atoms with Crippen molar-refractivity contribution in [3.63, 3.8) is 0 Å². The van der Waals surface area contributed by atoms with Gasteiger partial charge >= 0.3 is 0 Å². The Morgan fingerprint density at radius 3 is 2.23 bits per heavy atom. The van der Waals surface area contributed by atoms with Crippen molar-refractivity contribution in [3.05, 3.63) is 47.8 Å². The van der Waals surface area contributed by atoms with E-state index in [1.165, 1.54) is 21.1 Å². The molecule has 1 N–H and O–H groups in total. The van der Waals surface area contributed by atoms with Crippen LogP contribution in [0.5, 0.6) is 0 Å². The van der Waals surface area contributed by atoms with Crippen molar-refractivity contribution in [1.82, 2.24) is 13.8 Å². The molecular weight excluding hydrogens is 404 g/mol. The van der Waals surface area contributed by atoms with E-state index in [4.69, 9.17) is 0 Å². The highest BCUT2D eigenvalue weighted by Crippen LogP contribution is 2.20. The summed E-state index contributed by atoms with van der Waals surface area (Å²) in [6.07, 6.45) is 3.51. The summed E-state index contributed by atoms with van der Waals surface area (Å²) >= 11 is 0. The number of aryl methyl sites for hydroxylation is 1. The number of nitrogens with zero attached hydrogens (tertiary/aromatic N) is 3. The summed E-state index contributed by atoms with van der Waals surface area (Å²) < 4.78 is 28.2. The van der Waals surface area contributed by atoms with E-state index < -0.39 is 15.9 Å². The molecule has 0 spiro atoms. The van der Waals surface area contributed by atoms with Gasteiger partial charge in [0.2, 0.25) is 10.0 Å². The Labute approximate surface area is 177 Å². The maximum absolute atomic E-state index is 12.7. The second-order valence-electron chi connectivity index (χ2n) is 7.29. The van der Waals surface area contributed by atoms with Gasteiger partial charge in [-0.15, -0.1) is 0 Å². The number of sulfonamides is 1. The van der Waals surface area contributed by atoms with Gasteiger partial charge in [-0.2, -0.15) is 4.31 Å². The number of carbonyl (C=O) groups excluding carboxylic acids is 2. The molecule has 162 valence electrons. The van der Waals surface area contributed by atoms with Crippen molar-refractivity contribution >= 4 is 27.5 Å². The Balaban J connectivity index is 1.73. The molecule has 0 aliphatic carbocycles. The van der Waals surface area contributed by atoms with Gasteiger partial charge in [-0.05, 0) is 43.2 Å². The SMILES string of the molecule is CCN(CC)S(=O)(=O)c1cc(C(=O)Nc2ccc(C(=O)N3CCCC3)cc2)n(C)c1. The molecule has 1 saturated heterocycles. The third-order valence-corrected chi connectivity index (χ3v) is 7.35. The van der Waals surface area contributed by atoms with Crippen LogP contribution in [0.4, 0.5) is 5.69 Å². The normalized spacial score (nSPS) is 14.3. The Bertz CT molecular complexity index is 1020. The number of hydrogen-bond acceptors (Lipinski definition) is 4. The summed E-state index contributed by atoms with van der Waals surface area (Å²) in [4.78, 5) is 27.0. The summed E-state index contributed by atoms with van der Waals surface area (Å²) in [7, 11) is -2.01. The smallest absolute Gasteiger partial charge is 0.272 e. The van der Waals surface area contributed by atoms with Gasteiger partial charge < -0.3 is 14.8 Å². The minimum Gasteiger partial charge on any atom is -0.345 e. The second-order valence-corrected chi connectivity index (χ2v) is 9.23. The molecular formula is C21H28N4O4S.